The number of aromatic nitrogens is 2. The lowest BCUT2D eigenvalue weighted by Crippen LogP contribution is -2.23. The predicted molar refractivity (Wildman–Crippen MR) is 130 cm³/mol. The van der Waals surface area contributed by atoms with Gasteiger partial charge in [0.1, 0.15) is 4.70 Å². The lowest BCUT2D eigenvalue weighted by Gasteiger charge is -2.12. The van der Waals surface area contributed by atoms with E-state index in [0.717, 1.165) is 27.9 Å². The standard InChI is InChI=1S/C24H23N3O2S2/c1-4-27-23(29)22-21(18(13-30-22)17-10-6-5-7-11-17)26-24(27)31-14-20(28)25-19-12-8-9-15(2)16(19)3/h5-13H,4,14H2,1-3H3,(H,25,28). The van der Waals surface area contributed by atoms with Crippen LogP contribution in [-0.2, 0) is 11.3 Å². The lowest BCUT2D eigenvalue weighted by atomic mass is 10.1. The van der Waals surface area contributed by atoms with E-state index in [1.165, 1.54) is 23.1 Å². The summed E-state index contributed by atoms with van der Waals surface area (Å²) in [5.74, 6) is 0.0557. The van der Waals surface area contributed by atoms with E-state index in [1.54, 1.807) is 4.57 Å². The summed E-state index contributed by atoms with van der Waals surface area (Å²) in [4.78, 5) is 30.5. The molecule has 7 heteroatoms. The van der Waals surface area contributed by atoms with Crippen molar-refractivity contribution in [2.45, 2.75) is 32.5 Å². The average Bonchev–Trinajstić information content (AvgIpc) is 3.20. The van der Waals surface area contributed by atoms with E-state index in [0.29, 0.717) is 21.9 Å². The van der Waals surface area contributed by atoms with Crippen LogP contribution in [0.15, 0.2) is 63.9 Å². The molecular formula is C24H23N3O2S2. The molecule has 4 aromatic rings. The largest absolute Gasteiger partial charge is 0.325 e. The van der Waals surface area contributed by atoms with Crippen LogP contribution >= 0.6 is 23.1 Å². The molecule has 4 rings (SSSR count). The predicted octanol–water partition coefficient (Wildman–Crippen LogP) is 5.49. The molecule has 5 nitrogen and oxygen atoms in total. The number of aryl methyl sites for hydroxylation is 1. The smallest absolute Gasteiger partial charge is 0.272 e. The lowest BCUT2D eigenvalue weighted by molar-refractivity contribution is -0.113. The van der Waals surface area contributed by atoms with Gasteiger partial charge in [0.2, 0.25) is 5.91 Å². The van der Waals surface area contributed by atoms with Crippen molar-refractivity contribution < 1.29 is 4.79 Å². The Bertz CT molecular complexity index is 1310. The highest BCUT2D eigenvalue weighted by Crippen LogP contribution is 2.32. The minimum absolute atomic E-state index is 0.0582. The second-order valence-corrected chi connectivity index (χ2v) is 9.04. The van der Waals surface area contributed by atoms with Gasteiger partial charge >= 0.3 is 0 Å². The molecular weight excluding hydrogens is 426 g/mol. The summed E-state index contributed by atoms with van der Waals surface area (Å²) < 4.78 is 2.29. The fourth-order valence-corrected chi connectivity index (χ4v) is 5.21. The van der Waals surface area contributed by atoms with Crippen LogP contribution in [-0.4, -0.2) is 21.2 Å². The van der Waals surface area contributed by atoms with Crippen molar-refractivity contribution in [2.24, 2.45) is 0 Å². The number of nitrogens with zero attached hydrogens (tertiary/aromatic N) is 2. The Kier molecular flexibility index (Phi) is 6.25. The van der Waals surface area contributed by atoms with Gasteiger partial charge in [-0.2, -0.15) is 0 Å². The normalized spacial score (nSPS) is 11.1. The molecule has 31 heavy (non-hydrogen) atoms. The molecule has 1 amide bonds. The van der Waals surface area contributed by atoms with E-state index < -0.39 is 0 Å². The Hall–Kier alpha value is -2.90. The summed E-state index contributed by atoms with van der Waals surface area (Å²) in [7, 11) is 0. The zero-order chi connectivity index (χ0) is 22.0. The van der Waals surface area contributed by atoms with Crippen molar-refractivity contribution in [3.8, 4) is 11.1 Å². The van der Waals surface area contributed by atoms with Gasteiger partial charge in [-0.3, -0.25) is 14.2 Å². The Morgan fingerprint density at radius 1 is 1.13 bits per heavy atom. The van der Waals surface area contributed by atoms with E-state index in [4.69, 9.17) is 4.98 Å². The molecule has 158 valence electrons. The van der Waals surface area contributed by atoms with E-state index in [9.17, 15) is 9.59 Å². The van der Waals surface area contributed by atoms with Crippen LogP contribution in [0, 0.1) is 13.8 Å². The molecule has 0 saturated heterocycles. The van der Waals surface area contributed by atoms with Crippen LogP contribution in [0.3, 0.4) is 0 Å². The van der Waals surface area contributed by atoms with Gasteiger partial charge < -0.3 is 5.32 Å². The van der Waals surface area contributed by atoms with Crippen molar-refractivity contribution in [3.05, 3.63) is 75.4 Å². The maximum Gasteiger partial charge on any atom is 0.272 e. The van der Waals surface area contributed by atoms with Gasteiger partial charge in [-0.15, -0.1) is 11.3 Å². The number of rotatable bonds is 6. The Morgan fingerprint density at radius 2 is 1.90 bits per heavy atom. The number of nitrogens with one attached hydrogen (secondary N) is 1. The summed E-state index contributed by atoms with van der Waals surface area (Å²) in [6.45, 7) is 6.43. The number of carbonyl (C=O) groups excluding carboxylic acids is 1. The molecule has 0 unspecified atom stereocenters. The zero-order valence-corrected chi connectivity index (χ0v) is 19.3. The van der Waals surface area contributed by atoms with Crippen LogP contribution in [0.2, 0.25) is 0 Å². The number of anilines is 1. The molecule has 0 aliphatic heterocycles. The molecule has 0 saturated carbocycles. The summed E-state index contributed by atoms with van der Waals surface area (Å²) >= 11 is 2.71. The van der Waals surface area contributed by atoms with Gasteiger partial charge in [-0.05, 0) is 43.5 Å². The molecule has 0 radical (unpaired) electrons. The van der Waals surface area contributed by atoms with Crippen molar-refractivity contribution >= 4 is 44.9 Å². The van der Waals surface area contributed by atoms with Crippen molar-refractivity contribution in [3.63, 3.8) is 0 Å². The maximum atomic E-state index is 13.1. The molecule has 0 aliphatic rings. The molecule has 2 aromatic heterocycles. The first-order valence-electron chi connectivity index (χ1n) is 10.1. The molecule has 1 N–H and O–H groups in total. The van der Waals surface area contributed by atoms with Gasteiger partial charge in [-0.25, -0.2) is 4.98 Å². The number of amides is 1. The SMILES string of the molecule is CCn1c(SCC(=O)Nc2cccc(C)c2C)nc2c(-c3ccccc3)csc2c1=O. The fraction of sp³-hybridized carbons (Fsp3) is 0.208. The van der Waals surface area contributed by atoms with E-state index in [1.807, 2.05) is 74.7 Å². The van der Waals surface area contributed by atoms with Crippen LogP contribution in [0.5, 0.6) is 0 Å². The Labute approximate surface area is 189 Å². The fourth-order valence-electron chi connectivity index (χ4n) is 3.39. The van der Waals surface area contributed by atoms with Gasteiger partial charge in [0, 0.05) is 23.2 Å². The van der Waals surface area contributed by atoms with Crippen molar-refractivity contribution in [1.82, 2.24) is 9.55 Å². The molecule has 2 aromatic carbocycles. The van der Waals surface area contributed by atoms with Crippen LogP contribution in [0.4, 0.5) is 5.69 Å². The molecule has 0 fully saturated rings. The van der Waals surface area contributed by atoms with Gasteiger partial charge in [0.25, 0.3) is 5.56 Å². The number of carbonyl (C=O) groups is 1. The first-order chi connectivity index (χ1) is 15.0. The summed E-state index contributed by atoms with van der Waals surface area (Å²) in [5.41, 5.74) is 5.60. The number of fused-ring (bicyclic) bond motifs is 1. The highest BCUT2D eigenvalue weighted by Gasteiger charge is 2.17. The number of hydrogen-bond donors (Lipinski definition) is 1. The number of benzene rings is 2. The van der Waals surface area contributed by atoms with E-state index in [2.05, 4.69) is 5.32 Å². The Balaban J connectivity index is 1.63. The highest BCUT2D eigenvalue weighted by atomic mass is 32.2. The highest BCUT2D eigenvalue weighted by molar-refractivity contribution is 7.99. The third-order valence-electron chi connectivity index (χ3n) is 5.25. The van der Waals surface area contributed by atoms with E-state index in [-0.39, 0.29) is 17.2 Å². The minimum atomic E-state index is -0.121. The van der Waals surface area contributed by atoms with Crippen LogP contribution in [0.1, 0.15) is 18.1 Å². The minimum Gasteiger partial charge on any atom is -0.325 e. The monoisotopic (exact) mass is 449 g/mol. The molecule has 0 aliphatic carbocycles. The average molecular weight is 450 g/mol. The van der Waals surface area contributed by atoms with Gasteiger partial charge in [0.15, 0.2) is 5.16 Å². The third-order valence-corrected chi connectivity index (χ3v) is 7.19. The summed E-state index contributed by atoms with van der Waals surface area (Å²) in [6.07, 6.45) is 0. The van der Waals surface area contributed by atoms with Crippen LogP contribution in [0.25, 0.3) is 21.3 Å². The third kappa shape index (κ3) is 4.29. The second-order valence-electron chi connectivity index (χ2n) is 7.22. The number of thioether (sulfide) groups is 1. The Morgan fingerprint density at radius 3 is 2.65 bits per heavy atom. The summed E-state index contributed by atoms with van der Waals surface area (Å²) in [6, 6.07) is 15.8. The van der Waals surface area contributed by atoms with Crippen molar-refractivity contribution in [2.75, 3.05) is 11.1 Å². The van der Waals surface area contributed by atoms with Gasteiger partial charge in [0.05, 0.1) is 11.3 Å². The molecule has 0 atom stereocenters. The van der Waals surface area contributed by atoms with E-state index >= 15 is 0 Å². The van der Waals surface area contributed by atoms with Crippen LogP contribution < -0.4 is 10.9 Å². The topological polar surface area (TPSA) is 64.0 Å². The molecule has 0 spiro atoms. The maximum absolute atomic E-state index is 13.1. The first-order valence-corrected chi connectivity index (χ1v) is 11.9. The van der Waals surface area contributed by atoms with Gasteiger partial charge in [-0.1, -0.05) is 54.2 Å². The zero-order valence-electron chi connectivity index (χ0n) is 17.6. The molecule has 2 heterocycles. The number of hydrogen-bond acceptors (Lipinski definition) is 5. The number of thiophene rings is 1. The second kappa shape index (κ2) is 9.08. The molecule has 0 bridgehead atoms. The summed E-state index contributed by atoms with van der Waals surface area (Å²) in [5, 5.41) is 5.51. The first kappa shape index (κ1) is 21.3. The van der Waals surface area contributed by atoms with Crippen molar-refractivity contribution in [1.29, 1.82) is 0 Å². The quantitative estimate of drug-likeness (QED) is 0.312.